The minimum Gasteiger partial charge on any atom is -0.355 e. The first-order valence-corrected chi connectivity index (χ1v) is 8.17. The van der Waals surface area contributed by atoms with E-state index in [1.165, 1.54) is 32.4 Å². The highest BCUT2D eigenvalue weighted by Gasteiger charge is 2.29. The summed E-state index contributed by atoms with van der Waals surface area (Å²) in [4.78, 5) is 14.9. The molecule has 0 saturated carbocycles. The molecule has 0 radical (unpaired) electrons. The number of piperidine rings is 1. The maximum absolute atomic E-state index is 12.4. The molecule has 0 aromatic heterocycles. The summed E-state index contributed by atoms with van der Waals surface area (Å²) in [6, 6.07) is 10.00. The van der Waals surface area contributed by atoms with Gasteiger partial charge in [-0.05, 0) is 58.3 Å². The van der Waals surface area contributed by atoms with Gasteiger partial charge in [-0.3, -0.25) is 4.79 Å². The van der Waals surface area contributed by atoms with Gasteiger partial charge in [0.2, 0.25) is 5.91 Å². The van der Waals surface area contributed by atoms with Crippen LogP contribution in [0.1, 0.15) is 45.1 Å². The third-order valence-corrected chi connectivity index (χ3v) is 4.45. The van der Waals surface area contributed by atoms with Crippen LogP contribution >= 0.6 is 0 Å². The lowest BCUT2D eigenvalue weighted by Crippen LogP contribution is -2.41. The van der Waals surface area contributed by atoms with Crippen LogP contribution in [0.25, 0.3) is 0 Å². The van der Waals surface area contributed by atoms with Crippen molar-refractivity contribution in [1.29, 1.82) is 0 Å². The fourth-order valence-corrected chi connectivity index (χ4v) is 2.89. The largest absolute Gasteiger partial charge is 0.355 e. The summed E-state index contributed by atoms with van der Waals surface area (Å²) in [5.41, 5.74) is 0.602. The Morgan fingerprint density at radius 3 is 2.48 bits per heavy atom. The summed E-state index contributed by atoms with van der Waals surface area (Å²) < 4.78 is 0. The summed E-state index contributed by atoms with van der Waals surface area (Å²) >= 11 is 0. The van der Waals surface area contributed by atoms with E-state index in [9.17, 15) is 4.79 Å². The predicted octanol–water partition coefficient (Wildman–Crippen LogP) is 2.96. The summed E-state index contributed by atoms with van der Waals surface area (Å²) in [5.74, 6) is 0.118. The van der Waals surface area contributed by atoms with Crippen LogP contribution in [-0.4, -0.2) is 37.0 Å². The molecule has 1 heterocycles. The Bertz CT molecular complexity index is 436. The van der Waals surface area contributed by atoms with Crippen molar-refractivity contribution in [2.24, 2.45) is 0 Å². The molecule has 1 aliphatic rings. The van der Waals surface area contributed by atoms with Gasteiger partial charge in [0.1, 0.15) is 0 Å². The predicted molar refractivity (Wildman–Crippen MR) is 87.4 cm³/mol. The molecule has 21 heavy (non-hydrogen) atoms. The molecule has 0 bridgehead atoms. The SMILES string of the molecule is CC(C)(C(=O)NCCCN1CCCCC1)c1ccccc1. The number of benzene rings is 1. The van der Waals surface area contributed by atoms with Gasteiger partial charge in [-0.1, -0.05) is 36.8 Å². The highest BCUT2D eigenvalue weighted by Crippen LogP contribution is 2.22. The quantitative estimate of drug-likeness (QED) is 0.816. The molecule has 3 nitrogen and oxygen atoms in total. The van der Waals surface area contributed by atoms with Gasteiger partial charge in [-0.2, -0.15) is 0 Å². The maximum atomic E-state index is 12.4. The fraction of sp³-hybridized carbons (Fsp3) is 0.611. The molecular weight excluding hydrogens is 260 g/mol. The summed E-state index contributed by atoms with van der Waals surface area (Å²) in [7, 11) is 0. The molecule has 1 aliphatic heterocycles. The lowest BCUT2D eigenvalue weighted by molar-refractivity contribution is -0.125. The molecule has 1 amide bonds. The van der Waals surface area contributed by atoms with Crippen LogP contribution in [0.4, 0.5) is 0 Å². The number of hydrogen-bond donors (Lipinski definition) is 1. The zero-order valence-electron chi connectivity index (χ0n) is 13.4. The van der Waals surface area contributed by atoms with Crippen LogP contribution in [-0.2, 0) is 10.2 Å². The number of nitrogens with one attached hydrogen (secondary N) is 1. The van der Waals surface area contributed by atoms with Crippen molar-refractivity contribution in [3.8, 4) is 0 Å². The molecule has 3 heteroatoms. The van der Waals surface area contributed by atoms with Crippen molar-refractivity contribution < 1.29 is 4.79 Å². The molecule has 1 aromatic carbocycles. The third kappa shape index (κ3) is 4.57. The second-order valence-electron chi connectivity index (χ2n) is 6.50. The van der Waals surface area contributed by atoms with Crippen LogP contribution in [0, 0.1) is 0 Å². The van der Waals surface area contributed by atoms with Gasteiger partial charge in [0.25, 0.3) is 0 Å². The Morgan fingerprint density at radius 2 is 1.81 bits per heavy atom. The Kier molecular flexibility index (Phi) is 5.80. The minimum absolute atomic E-state index is 0.118. The van der Waals surface area contributed by atoms with Crippen molar-refractivity contribution in [3.63, 3.8) is 0 Å². The van der Waals surface area contributed by atoms with Gasteiger partial charge in [0.15, 0.2) is 0 Å². The fourth-order valence-electron chi connectivity index (χ4n) is 2.89. The van der Waals surface area contributed by atoms with Gasteiger partial charge >= 0.3 is 0 Å². The summed E-state index contributed by atoms with van der Waals surface area (Å²) in [5, 5.41) is 3.10. The van der Waals surface area contributed by atoms with Gasteiger partial charge in [-0.15, -0.1) is 0 Å². The molecule has 1 saturated heterocycles. The van der Waals surface area contributed by atoms with Crippen LogP contribution in [0.5, 0.6) is 0 Å². The number of carbonyl (C=O) groups is 1. The van der Waals surface area contributed by atoms with E-state index in [1.54, 1.807) is 0 Å². The molecule has 1 N–H and O–H groups in total. The standard InChI is InChI=1S/C18H28N2O/c1-18(2,16-10-5-3-6-11-16)17(21)19-12-9-15-20-13-7-4-8-14-20/h3,5-6,10-11H,4,7-9,12-15H2,1-2H3,(H,19,21). The topological polar surface area (TPSA) is 32.3 Å². The van der Waals surface area contributed by atoms with Gasteiger partial charge in [-0.25, -0.2) is 0 Å². The number of amides is 1. The minimum atomic E-state index is -0.466. The molecule has 0 unspecified atom stereocenters. The normalized spacial score (nSPS) is 16.7. The number of likely N-dealkylation sites (tertiary alicyclic amines) is 1. The van der Waals surface area contributed by atoms with Crippen molar-refractivity contribution in [2.45, 2.75) is 44.9 Å². The van der Waals surface area contributed by atoms with Gasteiger partial charge in [0.05, 0.1) is 5.41 Å². The lowest BCUT2D eigenvalue weighted by Gasteiger charge is -2.27. The second-order valence-corrected chi connectivity index (χ2v) is 6.50. The first-order valence-electron chi connectivity index (χ1n) is 8.17. The maximum Gasteiger partial charge on any atom is 0.230 e. The lowest BCUT2D eigenvalue weighted by atomic mass is 9.84. The first kappa shape index (κ1) is 16.0. The van der Waals surface area contributed by atoms with Crippen molar-refractivity contribution in [3.05, 3.63) is 35.9 Å². The monoisotopic (exact) mass is 288 g/mol. The number of hydrogen-bond acceptors (Lipinski definition) is 2. The highest BCUT2D eigenvalue weighted by atomic mass is 16.2. The molecule has 0 spiro atoms. The van der Waals surface area contributed by atoms with Crippen molar-refractivity contribution >= 4 is 5.91 Å². The van der Waals surface area contributed by atoms with Crippen LogP contribution in [0.2, 0.25) is 0 Å². The number of carbonyl (C=O) groups excluding carboxylic acids is 1. The molecule has 116 valence electrons. The van der Waals surface area contributed by atoms with E-state index < -0.39 is 5.41 Å². The Morgan fingerprint density at radius 1 is 1.14 bits per heavy atom. The average molecular weight is 288 g/mol. The zero-order chi connectivity index (χ0) is 15.1. The van der Waals surface area contributed by atoms with Crippen molar-refractivity contribution in [1.82, 2.24) is 10.2 Å². The van der Waals surface area contributed by atoms with Crippen LogP contribution in [0.3, 0.4) is 0 Å². The van der Waals surface area contributed by atoms with E-state index in [4.69, 9.17) is 0 Å². The van der Waals surface area contributed by atoms with E-state index in [0.29, 0.717) is 0 Å². The first-order chi connectivity index (χ1) is 10.1. The highest BCUT2D eigenvalue weighted by molar-refractivity contribution is 5.87. The Balaban J connectivity index is 1.73. The van der Waals surface area contributed by atoms with E-state index in [0.717, 1.165) is 25.1 Å². The molecule has 1 aromatic rings. The van der Waals surface area contributed by atoms with E-state index >= 15 is 0 Å². The number of rotatable bonds is 6. The molecule has 0 atom stereocenters. The van der Waals surface area contributed by atoms with Crippen LogP contribution in [0.15, 0.2) is 30.3 Å². The van der Waals surface area contributed by atoms with E-state index in [1.807, 2.05) is 44.2 Å². The second kappa shape index (κ2) is 7.60. The molecule has 0 aliphatic carbocycles. The zero-order valence-corrected chi connectivity index (χ0v) is 13.4. The Labute approximate surface area is 128 Å². The van der Waals surface area contributed by atoms with Crippen molar-refractivity contribution in [2.75, 3.05) is 26.2 Å². The molecule has 1 fully saturated rings. The molecular formula is C18H28N2O. The van der Waals surface area contributed by atoms with Gasteiger partial charge < -0.3 is 10.2 Å². The van der Waals surface area contributed by atoms with E-state index in [-0.39, 0.29) is 5.91 Å². The van der Waals surface area contributed by atoms with E-state index in [2.05, 4.69) is 10.2 Å². The summed E-state index contributed by atoms with van der Waals surface area (Å²) in [6.45, 7) is 8.30. The summed E-state index contributed by atoms with van der Waals surface area (Å²) in [6.07, 6.45) is 5.07. The molecule has 2 rings (SSSR count). The average Bonchev–Trinajstić information content (AvgIpc) is 2.53. The smallest absolute Gasteiger partial charge is 0.230 e. The van der Waals surface area contributed by atoms with Gasteiger partial charge in [0, 0.05) is 6.54 Å². The third-order valence-electron chi connectivity index (χ3n) is 4.45. The number of nitrogens with zero attached hydrogens (tertiary/aromatic N) is 1. The van der Waals surface area contributed by atoms with Crippen LogP contribution < -0.4 is 5.32 Å². The Hall–Kier alpha value is -1.35.